The topological polar surface area (TPSA) is 152 Å². The molecule has 10 heteroatoms. The molecule has 0 spiro atoms. The van der Waals surface area contributed by atoms with E-state index in [0.717, 1.165) is 51.4 Å². The normalized spacial score (nSPS) is 19.3. The predicted octanol–water partition coefficient (Wildman–Crippen LogP) is 13.8. The number of hydrogen-bond acceptors (Lipinski definition) is 10. The smallest absolute Gasteiger partial charge is 0.306 e. The van der Waals surface area contributed by atoms with E-state index in [4.69, 9.17) is 18.9 Å². The molecule has 0 bridgehead atoms. The third-order valence-corrected chi connectivity index (χ3v) is 13.0. The van der Waals surface area contributed by atoms with Gasteiger partial charge >= 0.3 is 11.9 Å². The Kier molecular flexibility index (Phi) is 44.7. The summed E-state index contributed by atoms with van der Waals surface area (Å²) in [5.41, 5.74) is 0. The number of aliphatic hydroxyl groups is 4. The first kappa shape index (κ1) is 62.9. The van der Waals surface area contributed by atoms with Crippen molar-refractivity contribution >= 4 is 11.9 Å². The SMILES string of the molecule is CCCCC/C=C\C/C=C\CCCCCCCCCCCC(=O)OC(COC(=O)CCCCCCCCCCCCC/C=C\CCCCCCCCCC)COC1OC(CO)C(O)C(O)C1O. The summed E-state index contributed by atoms with van der Waals surface area (Å²) in [7, 11) is 0. The van der Waals surface area contributed by atoms with Crippen LogP contribution in [0.25, 0.3) is 0 Å². The molecular weight excluding hydrogens is 845 g/mol. The Hall–Kier alpha value is -2.08. The highest BCUT2D eigenvalue weighted by Crippen LogP contribution is 2.23. The molecular formula is C57H104O10. The second-order valence-corrected chi connectivity index (χ2v) is 19.4. The third kappa shape index (κ3) is 38.4. The Bertz CT molecular complexity index is 1190. The van der Waals surface area contributed by atoms with Crippen LogP contribution in [0.5, 0.6) is 0 Å². The van der Waals surface area contributed by atoms with Crippen LogP contribution in [0.15, 0.2) is 36.5 Å². The maximum Gasteiger partial charge on any atom is 0.306 e. The molecule has 4 N–H and O–H groups in total. The van der Waals surface area contributed by atoms with E-state index in [1.54, 1.807) is 0 Å². The number of hydrogen-bond donors (Lipinski definition) is 4. The van der Waals surface area contributed by atoms with E-state index >= 15 is 0 Å². The third-order valence-electron chi connectivity index (χ3n) is 13.0. The summed E-state index contributed by atoms with van der Waals surface area (Å²) in [6, 6.07) is 0. The second-order valence-electron chi connectivity index (χ2n) is 19.4. The van der Waals surface area contributed by atoms with Crippen LogP contribution < -0.4 is 0 Å². The Morgan fingerprint density at radius 3 is 1.28 bits per heavy atom. The molecule has 0 saturated carbocycles. The van der Waals surface area contributed by atoms with E-state index in [1.807, 2.05) is 0 Å². The monoisotopic (exact) mass is 949 g/mol. The van der Waals surface area contributed by atoms with Crippen molar-refractivity contribution in [1.82, 2.24) is 0 Å². The quantitative estimate of drug-likeness (QED) is 0.0263. The number of aliphatic hydroxyl groups excluding tert-OH is 4. The van der Waals surface area contributed by atoms with E-state index in [0.29, 0.717) is 6.42 Å². The van der Waals surface area contributed by atoms with Gasteiger partial charge in [-0.3, -0.25) is 9.59 Å². The number of rotatable bonds is 48. The number of esters is 2. The molecule has 1 saturated heterocycles. The minimum atomic E-state index is -1.60. The van der Waals surface area contributed by atoms with Crippen LogP contribution in [0.1, 0.15) is 258 Å². The molecule has 1 fully saturated rings. The number of unbranched alkanes of at least 4 members (excludes halogenated alkanes) is 31. The molecule has 0 radical (unpaired) electrons. The molecule has 1 aliphatic rings. The second kappa shape index (κ2) is 47.6. The van der Waals surface area contributed by atoms with Crippen molar-refractivity contribution in [3.63, 3.8) is 0 Å². The average molecular weight is 949 g/mol. The molecule has 0 amide bonds. The van der Waals surface area contributed by atoms with E-state index in [9.17, 15) is 30.0 Å². The predicted molar refractivity (Wildman–Crippen MR) is 275 cm³/mol. The standard InChI is InChI=1S/C57H104O10/c1-3-5-7-9-11-13-15-17-19-21-23-24-25-26-28-29-31-33-35-37-39-41-43-45-52(59)64-48-50(49-65-57-56(63)55(62)54(61)51(47-58)67-57)66-53(60)46-44-42-40-38-36-34-32-30-27-22-20-18-16-14-12-10-8-6-4-2/h12,14,18,20-21,23,50-51,54-58,61-63H,3-11,13,15-17,19,22,24-49H2,1-2H3/b14-12-,20-18-,23-21-. The fraction of sp³-hybridized carbons (Fsp3) is 0.860. The van der Waals surface area contributed by atoms with Crippen LogP contribution in [-0.4, -0.2) is 89.0 Å². The van der Waals surface area contributed by atoms with Gasteiger partial charge in [0.1, 0.15) is 31.0 Å². The summed E-state index contributed by atoms with van der Waals surface area (Å²) in [6.45, 7) is 3.43. The lowest BCUT2D eigenvalue weighted by molar-refractivity contribution is -0.305. The molecule has 0 aliphatic carbocycles. The summed E-state index contributed by atoms with van der Waals surface area (Å²) in [4.78, 5) is 25.5. The molecule has 0 aromatic heterocycles. The molecule has 1 aliphatic heterocycles. The highest BCUT2D eigenvalue weighted by atomic mass is 16.7. The summed E-state index contributed by atoms with van der Waals surface area (Å²) in [5.74, 6) is -0.802. The maximum atomic E-state index is 12.9. The summed E-state index contributed by atoms with van der Waals surface area (Å²) < 4.78 is 22.3. The molecule has 6 unspecified atom stereocenters. The van der Waals surface area contributed by atoms with Gasteiger partial charge in [-0.1, -0.05) is 211 Å². The van der Waals surface area contributed by atoms with Crippen molar-refractivity contribution in [1.29, 1.82) is 0 Å². The van der Waals surface area contributed by atoms with Gasteiger partial charge in [0.2, 0.25) is 0 Å². The van der Waals surface area contributed by atoms with Gasteiger partial charge in [-0.2, -0.15) is 0 Å². The van der Waals surface area contributed by atoms with Crippen molar-refractivity contribution < 1.29 is 49.0 Å². The largest absolute Gasteiger partial charge is 0.462 e. The molecule has 0 aromatic carbocycles. The fourth-order valence-electron chi connectivity index (χ4n) is 8.57. The van der Waals surface area contributed by atoms with Gasteiger partial charge in [-0.15, -0.1) is 0 Å². The summed E-state index contributed by atoms with van der Waals surface area (Å²) >= 11 is 0. The highest BCUT2D eigenvalue weighted by molar-refractivity contribution is 5.70. The van der Waals surface area contributed by atoms with E-state index in [2.05, 4.69) is 50.3 Å². The van der Waals surface area contributed by atoms with E-state index < -0.39 is 49.4 Å². The zero-order chi connectivity index (χ0) is 48.7. The fourth-order valence-corrected chi connectivity index (χ4v) is 8.57. The Labute approximate surface area is 410 Å². The van der Waals surface area contributed by atoms with E-state index in [1.165, 1.54) is 173 Å². The number of allylic oxidation sites excluding steroid dienone is 6. The van der Waals surface area contributed by atoms with Crippen molar-refractivity contribution in [3.05, 3.63) is 36.5 Å². The van der Waals surface area contributed by atoms with Gasteiger partial charge in [0.15, 0.2) is 12.4 Å². The first-order valence-electron chi connectivity index (χ1n) is 28.1. The minimum Gasteiger partial charge on any atom is -0.462 e. The lowest BCUT2D eigenvalue weighted by Gasteiger charge is -2.39. The van der Waals surface area contributed by atoms with E-state index in [-0.39, 0.29) is 32.0 Å². The first-order valence-corrected chi connectivity index (χ1v) is 28.1. The first-order chi connectivity index (χ1) is 32.8. The Balaban J connectivity index is 2.21. The lowest BCUT2D eigenvalue weighted by Crippen LogP contribution is -2.59. The molecule has 6 atom stereocenters. The molecule has 392 valence electrons. The van der Waals surface area contributed by atoms with Crippen LogP contribution in [0.3, 0.4) is 0 Å². The van der Waals surface area contributed by atoms with Crippen molar-refractivity contribution in [3.8, 4) is 0 Å². The van der Waals surface area contributed by atoms with Gasteiger partial charge in [-0.05, 0) is 70.6 Å². The number of carbonyl (C=O) groups is 2. The highest BCUT2D eigenvalue weighted by Gasteiger charge is 2.44. The molecule has 67 heavy (non-hydrogen) atoms. The average Bonchev–Trinajstić information content (AvgIpc) is 3.33. The Morgan fingerprint density at radius 2 is 0.836 bits per heavy atom. The van der Waals surface area contributed by atoms with Crippen LogP contribution >= 0.6 is 0 Å². The maximum absolute atomic E-state index is 12.9. The number of carbonyl (C=O) groups excluding carboxylic acids is 2. The zero-order valence-corrected chi connectivity index (χ0v) is 43.2. The van der Waals surface area contributed by atoms with Crippen LogP contribution in [0.2, 0.25) is 0 Å². The van der Waals surface area contributed by atoms with Gasteiger partial charge in [0, 0.05) is 12.8 Å². The molecule has 0 aromatic rings. The van der Waals surface area contributed by atoms with Crippen molar-refractivity contribution in [2.75, 3.05) is 19.8 Å². The molecule has 1 rings (SSSR count). The zero-order valence-electron chi connectivity index (χ0n) is 43.2. The van der Waals surface area contributed by atoms with Crippen molar-refractivity contribution in [2.45, 2.75) is 295 Å². The lowest BCUT2D eigenvalue weighted by atomic mass is 9.99. The van der Waals surface area contributed by atoms with Gasteiger partial charge in [0.05, 0.1) is 13.2 Å². The summed E-state index contributed by atoms with van der Waals surface area (Å²) in [6.07, 6.45) is 50.1. The number of ether oxygens (including phenoxy) is 4. The Morgan fingerprint density at radius 1 is 0.463 bits per heavy atom. The van der Waals surface area contributed by atoms with Crippen molar-refractivity contribution in [2.24, 2.45) is 0 Å². The summed E-state index contributed by atoms with van der Waals surface area (Å²) in [5, 5.41) is 40.3. The van der Waals surface area contributed by atoms with Gasteiger partial charge < -0.3 is 39.4 Å². The van der Waals surface area contributed by atoms with Crippen LogP contribution in [0.4, 0.5) is 0 Å². The van der Waals surface area contributed by atoms with Crippen LogP contribution in [0, 0.1) is 0 Å². The van der Waals surface area contributed by atoms with Crippen LogP contribution in [-0.2, 0) is 28.5 Å². The van der Waals surface area contributed by atoms with Gasteiger partial charge in [0.25, 0.3) is 0 Å². The minimum absolute atomic E-state index is 0.217. The molecule has 1 heterocycles. The van der Waals surface area contributed by atoms with Gasteiger partial charge in [-0.25, -0.2) is 0 Å². The molecule has 10 nitrogen and oxygen atoms in total.